The molecule has 0 spiro atoms. The van der Waals surface area contributed by atoms with Crippen molar-refractivity contribution in [3.63, 3.8) is 0 Å². The van der Waals surface area contributed by atoms with Gasteiger partial charge in [-0.1, -0.05) is 26.0 Å². The Morgan fingerprint density at radius 3 is 2.44 bits per heavy atom. The number of hydrogen-bond acceptors (Lipinski definition) is 6. The Labute approximate surface area is 198 Å². The molecular formula is C24H25N5O4S. The highest BCUT2D eigenvalue weighted by Gasteiger charge is 2.35. The number of carbonyl (C=O) groups is 2. The third-order valence-electron chi connectivity index (χ3n) is 5.57. The minimum absolute atomic E-state index is 0.00482. The van der Waals surface area contributed by atoms with Gasteiger partial charge in [-0.2, -0.15) is 0 Å². The Kier molecular flexibility index (Phi) is 6.60. The van der Waals surface area contributed by atoms with Gasteiger partial charge in [0.05, 0.1) is 10.8 Å². The first-order valence-electron chi connectivity index (χ1n) is 10.8. The molecule has 2 aromatic carbocycles. The molecule has 1 atom stereocenters. The molecule has 2 heterocycles. The van der Waals surface area contributed by atoms with Gasteiger partial charge >= 0.3 is 0 Å². The quantitative estimate of drug-likeness (QED) is 0.536. The first kappa shape index (κ1) is 23.4. The highest BCUT2D eigenvalue weighted by Crippen LogP contribution is 2.28. The molecule has 176 valence electrons. The maximum atomic E-state index is 12.8. The van der Waals surface area contributed by atoms with Gasteiger partial charge in [0.25, 0.3) is 10.0 Å². The molecule has 1 aliphatic rings. The smallest absolute Gasteiger partial charge is 0.264 e. The van der Waals surface area contributed by atoms with Gasteiger partial charge in [0.2, 0.25) is 17.8 Å². The molecule has 0 saturated carbocycles. The van der Waals surface area contributed by atoms with Crippen molar-refractivity contribution in [3.05, 3.63) is 72.6 Å². The van der Waals surface area contributed by atoms with Crippen LogP contribution in [0.1, 0.15) is 31.7 Å². The Balaban J connectivity index is 1.40. The first-order chi connectivity index (χ1) is 16.2. The summed E-state index contributed by atoms with van der Waals surface area (Å²) in [7, 11) is -3.87. The van der Waals surface area contributed by atoms with Crippen LogP contribution >= 0.6 is 0 Å². The molecule has 1 aliphatic heterocycles. The molecule has 4 rings (SSSR count). The average molecular weight is 480 g/mol. The number of amides is 2. The second-order valence-corrected chi connectivity index (χ2v) is 10.0. The van der Waals surface area contributed by atoms with E-state index in [4.69, 9.17) is 0 Å². The lowest BCUT2D eigenvalue weighted by atomic mass is 10.0. The van der Waals surface area contributed by atoms with Gasteiger partial charge in [0.1, 0.15) is 0 Å². The van der Waals surface area contributed by atoms with E-state index in [9.17, 15) is 18.0 Å². The maximum absolute atomic E-state index is 12.8. The van der Waals surface area contributed by atoms with Crippen molar-refractivity contribution < 1.29 is 18.0 Å². The Morgan fingerprint density at radius 2 is 1.76 bits per heavy atom. The molecule has 10 heteroatoms. The van der Waals surface area contributed by atoms with Crippen LogP contribution in [0.25, 0.3) is 0 Å². The van der Waals surface area contributed by atoms with Crippen LogP contribution in [0.5, 0.6) is 0 Å². The Hall–Kier alpha value is -3.79. The zero-order chi connectivity index (χ0) is 24.3. The maximum Gasteiger partial charge on any atom is 0.264 e. The highest BCUT2D eigenvalue weighted by atomic mass is 32.2. The summed E-state index contributed by atoms with van der Waals surface area (Å²) in [6.07, 6.45) is 2.98. The number of anilines is 3. The van der Waals surface area contributed by atoms with Crippen LogP contribution in [-0.2, 0) is 19.6 Å². The summed E-state index contributed by atoms with van der Waals surface area (Å²) < 4.78 is 27.3. The van der Waals surface area contributed by atoms with Crippen LogP contribution in [0.2, 0.25) is 0 Å². The average Bonchev–Trinajstić information content (AvgIpc) is 3.22. The predicted molar refractivity (Wildman–Crippen MR) is 129 cm³/mol. The second kappa shape index (κ2) is 9.60. The van der Waals surface area contributed by atoms with Gasteiger partial charge in [-0.25, -0.2) is 23.1 Å². The topological polar surface area (TPSA) is 121 Å². The molecule has 0 bridgehead atoms. The summed E-state index contributed by atoms with van der Waals surface area (Å²) in [5, 5.41) is 2.78. The highest BCUT2D eigenvalue weighted by molar-refractivity contribution is 7.92. The van der Waals surface area contributed by atoms with Crippen molar-refractivity contribution in [1.29, 1.82) is 0 Å². The molecule has 2 amide bonds. The van der Waals surface area contributed by atoms with E-state index < -0.39 is 15.9 Å². The van der Waals surface area contributed by atoms with Crippen LogP contribution < -0.4 is 14.9 Å². The molecule has 1 fully saturated rings. The number of benzene rings is 2. The molecule has 2 N–H and O–H groups in total. The number of sulfonamides is 1. The summed E-state index contributed by atoms with van der Waals surface area (Å²) in [5.41, 5.74) is 2.35. The lowest BCUT2D eigenvalue weighted by Gasteiger charge is -2.18. The zero-order valence-electron chi connectivity index (χ0n) is 18.8. The summed E-state index contributed by atoms with van der Waals surface area (Å²) in [6.45, 7) is 4.46. The van der Waals surface area contributed by atoms with Gasteiger partial charge in [0, 0.05) is 36.7 Å². The number of aromatic nitrogens is 2. The number of carbonyl (C=O) groups excluding carboxylic acids is 2. The molecule has 1 unspecified atom stereocenters. The number of rotatable bonds is 7. The van der Waals surface area contributed by atoms with E-state index in [2.05, 4.69) is 33.9 Å². The van der Waals surface area contributed by atoms with E-state index in [-0.39, 0.29) is 29.1 Å². The standard InChI is InChI=1S/C24H25N5O4S/c1-16(2)17-5-3-6-20(13-17)29-15-18(14-22(29)30)23(31)27-19-7-9-21(10-8-19)34(32,33)28-24-25-11-4-12-26-24/h3-13,16,18H,14-15H2,1-2H3,(H,27,31)(H,25,26,28). The summed E-state index contributed by atoms with van der Waals surface area (Å²) in [5.74, 6) is -0.595. The Bertz CT molecular complexity index is 1290. The van der Waals surface area contributed by atoms with Crippen LogP contribution in [0.3, 0.4) is 0 Å². The van der Waals surface area contributed by atoms with E-state index >= 15 is 0 Å². The second-order valence-electron chi connectivity index (χ2n) is 8.35. The van der Waals surface area contributed by atoms with Crippen molar-refractivity contribution in [2.75, 3.05) is 21.5 Å². The van der Waals surface area contributed by atoms with Crippen molar-refractivity contribution in [3.8, 4) is 0 Å². The zero-order valence-corrected chi connectivity index (χ0v) is 19.6. The van der Waals surface area contributed by atoms with E-state index in [0.717, 1.165) is 11.3 Å². The third kappa shape index (κ3) is 5.23. The van der Waals surface area contributed by atoms with Crippen LogP contribution in [0.4, 0.5) is 17.3 Å². The molecule has 0 aliphatic carbocycles. The van der Waals surface area contributed by atoms with Crippen molar-refractivity contribution in [2.24, 2.45) is 5.92 Å². The molecule has 34 heavy (non-hydrogen) atoms. The molecular weight excluding hydrogens is 454 g/mol. The molecule has 0 radical (unpaired) electrons. The summed E-state index contributed by atoms with van der Waals surface area (Å²) in [6, 6.07) is 15.1. The lowest BCUT2D eigenvalue weighted by molar-refractivity contribution is -0.122. The number of hydrogen-bond donors (Lipinski definition) is 2. The molecule has 1 aromatic heterocycles. The van der Waals surface area contributed by atoms with Crippen molar-refractivity contribution in [1.82, 2.24) is 9.97 Å². The Morgan fingerprint density at radius 1 is 1.06 bits per heavy atom. The van der Waals surface area contributed by atoms with Gasteiger partial charge in [-0.3, -0.25) is 9.59 Å². The minimum atomic E-state index is -3.87. The third-order valence-corrected chi connectivity index (χ3v) is 6.91. The van der Waals surface area contributed by atoms with Crippen molar-refractivity contribution in [2.45, 2.75) is 31.1 Å². The first-order valence-corrected chi connectivity index (χ1v) is 12.3. The predicted octanol–water partition coefficient (Wildman–Crippen LogP) is 3.39. The largest absolute Gasteiger partial charge is 0.326 e. The number of nitrogens with zero attached hydrogens (tertiary/aromatic N) is 3. The van der Waals surface area contributed by atoms with E-state index in [1.165, 1.54) is 36.7 Å². The lowest BCUT2D eigenvalue weighted by Crippen LogP contribution is -2.28. The molecule has 9 nitrogen and oxygen atoms in total. The molecule has 3 aromatic rings. The SMILES string of the molecule is CC(C)c1cccc(N2CC(C(=O)Nc3ccc(S(=O)(=O)Nc4ncccn4)cc3)CC2=O)c1. The van der Waals surface area contributed by atoms with Gasteiger partial charge in [0.15, 0.2) is 0 Å². The van der Waals surface area contributed by atoms with Crippen LogP contribution in [0.15, 0.2) is 71.9 Å². The van der Waals surface area contributed by atoms with Gasteiger partial charge in [-0.05, 0) is 53.9 Å². The van der Waals surface area contributed by atoms with E-state index in [1.54, 1.807) is 11.0 Å². The fraction of sp³-hybridized carbons (Fsp3) is 0.250. The summed E-state index contributed by atoms with van der Waals surface area (Å²) in [4.78, 5) is 34.7. The van der Waals surface area contributed by atoms with E-state index in [1.807, 2.05) is 24.3 Å². The fourth-order valence-electron chi connectivity index (χ4n) is 3.68. The van der Waals surface area contributed by atoms with Crippen LogP contribution in [0, 0.1) is 5.92 Å². The fourth-order valence-corrected chi connectivity index (χ4v) is 4.64. The van der Waals surface area contributed by atoms with Gasteiger partial charge < -0.3 is 10.2 Å². The molecule has 1 saturated heterocycles. The monoisotopic (exact) mass is 479 g/mol. The summed E-state index contributed by atoms with van der Waals surface area (Å²) >= 11 is 0. The van der Waals surface area contributed by atoms with Crippen LogP contribution in [-0.4, -0.2) is 36.7 Å². The number of nitrogens with one attached hydrogen (secondary N) is 2. The van der Waals surface area contributed by atoms with Crippen molar-refractivity contribution >= 4 is 39.2 Å². The minimum Gasteiger partial charge on any atom is -0.326 e. The van der Waals surface area contributed by atoms with E-state index in [0.29, 0.717) is 18.2 Å². The normalized spacial score (nSPS) is 16.0. The van der Waals surface area contributed by atoms with Gasteiger partial charge in [-0.15, -0.1) is 0 Å².